The zero-order valence-electron chi connectivity index (χ0n) is 21.5. The number of amides is 1. The van der Waals surface area contributed by atoms with Crippen molar-refractivity contribution in [2.75, 3.05) is 12.4 Å². The standard InChI is InChI=1S/C30H23N5O5/c1-39-19-10-12-21-24(14-19)32-17-33-29(21)40-20-11-13-27(31-16-20)34-28(37)23-15-22-25(8-5-9-26(22)36)35(30(23)38)18-6-3-2-4-7-18/h2-4,6-7,10-17H,5,8-9H2,1H3,(H,31,34,37). The number of hydrogen-bond donors (Lipinski definition) is 1. The summed E-state index contributed by atoms with van der Waals surface area (Å²) in [5.74, 6) is 0.858. The average molecular weight is 534 g/mol. The number of anilines is 1. The summed E-state index contributed by atoms with van der Waals surface area (Å²) in [5.41, 5.74) is 1.65. The van der Waals surface area contributed by atoms with Gasteiger partial charge in [0.1, 0.15) is 29.2 Å². The normalized spacial score (nSPS) is 12.6. The zero-order valence-corrected chi connectivity index (χ0v) is 21.5. The van der Waals surface area contributed by atoms with Gasteiger partial charge in [0, 0.05) is 29.4 Å². The van der Waals surface area contributed by atoms with Gasteiger partial charge in [0.05, 0.1) is 24.2 Å². The van der Waals surface area contributed by atoms with Crippen molar-refractivity contribution in [3.05, 3.63) is 106 Å². The molecule has 6 rings (SSSR count). The van der Waals surface area contributed by atoms with Gasteiger partial charge in [-0.25, -0.2) is 15.0 Å². The number of fused-ring (bicyclic) bond motifs is 2. The molecule has 10 heteroatoms. The number of ketones is 1. The van der Waals surface area contributed by atoms with Crippen LogP contribution in [0.5, 0.6) is 17.4 Å². The first-order valence-corrected chi connectivity index (χ1v) is 12.6. The molecule has 0 radical (unpaired) electrons. The molecule has 5 aromatic rings. The van der Waals surface area contributed by atoms with Gasteiger partial charge in [-0.3, -0.25) is 19.0 Å². The summed E-state index contributed by atoms with van der Waals surface area (Å²) < 4.78 is 12.6. The fourth-order valence-corrected chi connectivity index (χ4v) is 4.74. The summed E-state index contributed by atoms with van der Waals surface area (Å²) in [6.45, 7) is 0. The van der Waals surface area contributed by atoms with Crippen LogP contribution >= 0.6 is 0 Å². The van der Waals surface area contributed by atoms with Crippen LogP contribution in [0.15, 0.2) is 84.0 Å². The number of benzene rings is 2. The second kappa shape index (κ2) is 10.4. The van der Waals surface area contributed by atoms with Crippen LogP contribution in [0, 0.1) is 0 Å². The van der Waals surface area contributed by atoms with Gasteiger partial charge in [0.2, 0.25) is 5.88 Å². The quantitative estimate of drug-likeness (QED) is 0.332. The summed E-state index contributed by atoms with van der Waals surface area (Å²) in [7, 11) is 1.58. The second-order valence-corrected chi connectivity index (χ2v) is 9.17. The lowest BCUT2D eigenvalue weighted by Crippen LogP contribution is -2.33. The summed E-state index contributed by atoms with van der Waals surface area (Å²) in [6.07, 6.45) is 4.43. The van der Waals surface area contributed by atoms with Crippen LogP contribution in [0.1, 0.15) is 39.3 Å². The van der Waals surface area contributed by atoms with E-state index < -0.39 is 11.5 Å². The van der Waals surface area contributed by atoms with Crippen molar-refractivity contribution >= 4 is 28.4 Å². The molecule has 0 spiro atoms. The lowest BCUT2D eigenvalue weighted by molar-refractivity contribution is 0.0971. The molecule has 198 valence electrons. The third-order valence-electron chi connectivity index (χ3n) is 6.68. The van der Waals surface area contributed by atoms with Crippen LogP contribution in [0.25, 0.3) is 16.6 Å². The molecule has 3 heterocycles. The largest absolute Gasteiger partial charge is 0.497 e. The van der Waals surface area contributed by atoms with Gasteiger partial charge in [-0.15, -0.1) is 0 Å². The Kier molecular flexibility index (Phi) is 6.49. The second-order valence-electron chi connectivity index (χ2n) is 9.17. The first-order valence-electron chi connectivity index (χ1n) is 12.6. The molecular weight excluding hydrogens is 510 g/mol. The Morgan fingerprint density at radius 2 is 1.75 bits per heavy atom. The molecular formula is C30H23N5O5. The predicted molar refractivity (Wildman–Crippen MR) is 148 cm³/mol. The number of pyridine rings is 2. The predicted octanol–water partition coefficient (Wildman–Crippen LogP) is 4.75. The van der Waals surface area contributed by atoms with Crippen LogP contribution < -0.4 is 20.3 Å². The first kappa shape index (κ1) is 24.9. The summed E-state index contributed by atoms with van der Waals surface area (Å²) in [4.78, 5) is 52.2. The lowest BCUT2D eigenvalue weighted by atomic mass is 9.92. The van der Waals surface area contributed by atoms with Crippen molar-refractivity contribution in [3.8, 4) is 23.1 Å². The van der Waals surface area contributed by atoms with E-state index >= 15 is 0 Å². The Morgan fingerprint density at radius 3 is 2.52 bits per heavy atom. The number of para-hydroxylation sites is 1. The fraction of sp³-hybridized carbons (Fsp3) is 0.133. The van der Waals surface area contributed by atoms with Gasteiger partial charge in [-0.2, -0.15) is 0 Å². The van der Waals surface area contributed by atoms with Crippen LogP contribution in [-0.4, -0.2) is 38.3 Å². The summed E-state index contributed by atoms with van der Waals surface area (Å²) in [5, 5.41) is 3.35. The molecule has 1 aliphatic rings. The van der Waals surface area contributed by atoms with Crippen molar-refractivity contribution in [2.24, 2.45) is 0 Å². The SMILES string of the molecule is COc1ccc2c(Oc3ccc(NC(=O)c4cc5c(n(-c6ccccc6)c4=O)CCCC5=O)nc3)ncnc2c1. The molecule has 0 bridgehead atoms. The number of aromatic nitrogens is 4. The van der Waals surface area contributed by atoms with Crippen molar-refractivity contribution in [1.29, 1.82) is 0 Å². The molecule has 40 heavy (non-hydrogen) atoms. The molecule has 0 saturated heterocycles. The molecule has 0 aliphatic heterocycles. The van der Waals surface area contributed by atoms with E-state index in [1.165, 1.54) is 23.2 Å². The van der Waals surface area contributed by atoms with Crippen LogP contribution in [0.3, 0.4) is 0 Å². The third-order valence-corrected chi connectivity index (χ3v) is 6.68. The van der Waals surface area contributed by atoms with Gasteiger partial charge < -0.3 is 14.8 Å². The van der Waals surface area contributed by atoms with Crippen molar-refractivity contribution < 1.29 is 19.1 Å². The fourth-order valence-electron chi connectivity index (χ4n) is 4.74. The monoisotopic (exact) mass is 533 g/mol. The Hall–Kier alpha value is -5.38. The topological polar surface area (TPSA) is 125 Å². The van der Waals surface area contributed by atoms with E-state index in [4.69, 9.17) is 9.47 Å². The third kappa shape index (κ3) is 4.66. The smallest absolute Gasteiger partial charge is 0.268 e. The molecule has 0 fully saturated rings. The van der Waals surface area contributed by atoms with Gasteiger partial charge in [0.25, 0.3) is 11.5 Å². The van der Waals surface area contributed by atoms with Gasteiger partial charge in [0.15, 0.2) is 5.78 Å². The maximum absolute atomic E-state index is 13.5. The molecule has 2 aromatic carbocycles. The minimum atomic E-state index is -0.659. The number of rotatable bonds is 6. The Morgan fingerprint density at radius 1 is 0.925 bits per heavy atom. The molecule has 1 N–H and O–H groups in total. The van der Waals surface area contributed by atoms with Crippen LogP contribution in [0.4, 0.5) is 5.82 Å². The highest BCUT2D eigenvalue weighted by atomic mass is 16.5. The number of carbonyl (C=O) groups is 2. The number of ether oxygens (including phenoxy) is 2. The molecule has 0 saturated carbocycles. The van der Waals surface area contributed by atoms with Crippen molar-refractivity contribution in [1.82, 2.24) is 19.5 Å². The average Bonchev–Trinajstić information content (AvgIpc) is 2.98. The maximum Gasteiger partial charge on any atom is 0.268 e. The first-order chi connectivity index (χ1) is 19.5. The Balaban J connectivity index is 1.27. The molecule has 3 aromatic heterocycles. The highest BCUT2D eigenvalue weighted by Crippen LogP contribution is 2.29. The highest BCUT2D eigenvalue weighted by Gasteiger charge is 2.26. The van der Waals surface area contributed by atoms with Crippen molar-refractivity contribution in [3.63, 3.8) is 0 Å². The Labute approximate surface area is 228 Å². The van der Waals surface area contributed by atoms with E-state index in [0.29, 0.717) is 64.5 Å². The molecule has 1 aliphatic carbocycles. The minimum absolute atomic E-state index is 0.0877. The van der Waals surface area contributed by atoms with E-state index in [1.807, 2.05) is 6.07 Å². The number of carbonyl (C=O) groups excluding carboxylic acids is 2. The van der Waals surface area contributed by atoms with Crippen molar-refractivity contribution in [2.45, 2.75) is 19.3 Å². The van der Waals surface area contributed by atoms with Gasteiger partial charge in [-0.05, 0) is 55.3 Å². The van der Waals surface area contributed by atoms with E-state index in [9.17, 15) is 14.4 Å². The number of nitrogens with one attached hydrogen (secondary N) is 1. The molecule has 0 unspecified atom stereocenters. The molecule has 1 amide bonds. The van der Waals surface area contributed by atoms with Gasteiger partial charge in [-0.1, -0.05) is 18.2 Å². The minimum Gasteiger partial charge on any atom is -0.497 e. The van der Waals surface area contributed by atoms with Crippen LogP contribution in [-0.2, 0) is 6.42 Å². The Bertz CT molecular complexity index is 1820. The number of Topliss-reactive ketones (excluding diaryl/α,β-unsaturated/α-hetero) is 1. The summed E-state index contributed by atoms with van der Waals surface area (Å²) >= 11 is 0. The number of methoxy groups -OCH3 is 1. The van der Waals surface area contributed by atoms with E-state index in [1.54, 1.807) is 61.7 Å². The van der Waals surface area contributed by atoms with E-state index in [2.05, 4.69) is 20.3 Å². The van der Waals surface area contributed by atoms with E-state index in [0.717, 1.165) is 0 Å². The molecule has 10 nitrogen and oxygen atoms in total. The van der Waals surface area contributed by atoms with Crippen LogP contribution in [0.2, 0.25) is 0 Å². The lowest BCUT2D eigenvalue weighted by Gasteiger charge is -2.21. The molecule has 0 atom stereocenters. The number of nitrogens with zero attached hydrogens (tertiary/aromatic N) is 4. The van der Waals surface area contributed by atoms with E-state index in [-0.39, 0.29) is 17.2 Å². The maximum atomic E-state index is 13.5. The van der Waals surface area contributed by atoms with Gasteiger partial charge >= 0.3 is 0 Å². The zero-order chi connectivity index (χ0) is 27.6. The number of hydrogen-bond acceptors (Lipinski definition) is 8. The highest BCUT2D eigenvalue weighted by molar-refractivity contribution is 6.06. The summed E-state index contributed by atoms with van der Waals surface area (Å²) in [6, 6.07) is 19.0.